The minimum absolute atomic E-state index is 0.141. The Morgan fingerprint density at radius 3 is 2.22 bits per heavy atom. The Labute approximate surface area is 211 Å². The standard InChI is InChI=1S/C30H34F3N3/c1-22-15-19-36(20-16-22)28-34-21-24(12-9-23-10-13-26(14-11-23)30(31,32)33)27(35-28)29(17-5-6-18-29)25-7-3-2-4-8-25/h2-4,7-8,10-11,13-14,21-22H,5-6,9,12,15-20H2,1H3. The summed E-state index contributed by atoms with van der Waals surface area (Å²) < 4.78 is 39.0. The Morgan fingerprint density at radius 1 is 0.917 bits per heavy atom. The van der Waals surface area contributed by atoms with E-state index in [0.717, 1.165) is 80.3 Å². The fraction of sp³-hybridized carbons (Fsp3) is 0.467. The third-order valence-corrected chi connectivity index (χ3v) is 8.12. The molecule has 3 aromatic rings. The quantitative estimate of drug-likeness (QED) is 0.359. The maximum atomic E-state index is 13.0. The predicted molar refractivity (Wildman–Crippen MR) is 137 cm³/mol. The first-order valence-corrected chi connectivity index (χ1v) is 13.2. The third-order valence-electron chi connectivity index (χ3n) is 8.12. The fourth-order valence-corrected chi connectivity index (χ4v) is 5.89. The number of alkyl halides is 3. The molecular weight excluding hydrogens is 459 g/mol. The van der Waals surface area contributed by atoms with Crippen LogP contribution in [-0.2, 0) is 24.4 Å². The highest BCUT2D eigenvalue weighted by Gasteiger charge is 2.41. The highest BCUT2D eigenvalue weighted by atomic mass is 19.4. The number of piperidine rings is 1. The van der Waals surface area contributed by atoms with Gasteiger partial charge in [0.15, 0.2) is 0 Å². The van der Waals surface area contributed by atoms with Gasteiger partial charge in [-0.2, -0.15) is 13.2 Å². The van der Waals surface area contributed by atoms with Crippen LogP contribution in [0.3, 0.4) is 0 Å². The van der Waals surface area contributed by atoms with Crippen molar-refractivity contribution in [2.24, 2.45) is 5.92 Å². The summed E-state index contributed by atoms with van der Waals surface area (Å²) in [5.74, 6) is 1.55. The number of nitrogens with zero attached hydrogens (tertiary/aromatic N) is 3. The van der Waals surface area contributed by atoms with Gasteiger partial charge in [0.05, 0.1) is 11.3 Å². The Kier molecular flexibility index (Phi) is 7.05. The number of aromatic nitrogens is 2. The highest BCUT2D eigenvalue weighted by molar-refractivity contribution is 5.44. The zero-order valence-corrected chi connectivity index (χ0v) is 20.9. The van der Waals surface area contributed by atoms with Gasteiger partial charge in [-0.1, -0.05) is 62.2 Å². The molecule has 2 heterocycles. The van der Waals surface area contributed by atoms with E-state index in [0.29, 0.717) is 12.8 Å². The van der Waals surface area contributed by atoms with E-state index in [1.54, 1.807) is 12.1 Å². The monoisotopic (exact) mass is 493 g/mol. The van der Waals surface area contributed by atoms with Gasteiger partial charge in [0.25, 0.3) is 0 Å². The van der Waals surface area contributed by atoms with Crippen molar-refractivity contribution in [3.63, 3.8) is 0 Å². The molecule has 190 valence electrons. The molecule has 0 N–H and O–H groups in total. The lowest BCUT2D eigenvalue weighted by atomic mass is 9.74. The van der Waals surface area contributed by atoms with Crippen molar-refractivity contribution < 1.29 is 13.2 Å². The second kappa shape index (κ2) is 10.2. The SMILES string of the molecule is CC1CCN(c2ncc(CCc3ccc(C(F)(F)F)cc3)c(C3(c4ccccc4)CCCC3)n2)CC1. The van der Waals surface area contributed by atoms with Gasteiger partial charge >= 0.3 is 6.18 Å². The van der Waals surface area contributed by atoms with Crippen molar-refractivity contribution in [2.75, 3.05) is 18.0 Å². The molecule has 0 atom stereocenters. The molecule has 2 aromatic carbocycles. The van der Waals surface area contributed by atoms with Gasteiger partial charge in [-0.15, -0.1) is 0 Å². The summed E-state index contributed by atoms with van der Waals surface area (Å²) in [4.78, 5) is 12.4. The Morgan fingerprint density at radius 2 is 1.58 bits per heavy atom. The van der Waals surface area contributed by atoms with Crippen molar-refractivity contribution in [1.29, 1.82) is 0 Å². The topological polar surface area (TPSA) is 29.0 Å². The van der Waals surface area contributed by atoms with Crippen molar-refractivity contribution in [3.05, 3.63) is 88.7 Å². The molecule has 0 amide bonds. The smallest absolute Gasteiger partial charge is 0.341 e. The Balaban J connectivity index is 1.49. The average Bonchev–Trinajstić information content (AvgIpc) is 3.39. The largest absolute Gasteiger partial charge is 0.416 e. The van der Waals surface area contributed by atoms with E-state index < -0.39 is 11.7 Å². The van der Waals surface area contributed by atoms with E-state index in [1.165, 1.54) is 17.7 Å². The molecule has 2 aliphatic rings. The molecule has 0 spiro atoms. The lowest BCUT2D eigenvalue weighted by Gasteiger charge is -2.34. The molecule has 1 aliphatic carbocycles. The Hall–Kier alpha value is -2.89. The summed E-state index contributed by atoms with van der Waals surface area (Å²) in [6.07, 6.45) is 5.76. The van der Waals surface area contributed by atoms with Crippen molar-refractivity contribution in [1.82, 2.24) is 9.97 Å². The first kappa shape index (κ1) is 24.8. The second-order valence-corrected chi connectivity index (χ2v) is 10.6. The average molecular weight is 494 g/mol. The molecule has 1 aromatic heterocycles. The van der Waals surface area contributed by atoms with Gasteiger partial charge in [0.2, 0.25) is 5.95 Å². The van der Waals surface area contributed by atoms with E-state index in [2.05, 4.69) is 42.2 Å². The molecule has 0 unspecified atom stereocenters. The van der Waals surface area contributed by atoms with Crippen LogP contribution in [0, 0.1) is 5.92 Å². The first-order valence-electron chi connectivity index (χ1n) is 13.2. The molecule has 0 radical (unpaired) electrons. The number of aryl methyl sites for hydroxylation is 2. The number of benzene rings is 2. The molecule has 0 bridgehead atoms. The fourth-order valence-electron chi connectivity index (χ4n) is 5.89. The van der Waals surface area contributed by atoms with E-state index in [1.807, 2.05) is 6.20 Å². The number of hydrogen-bond donors (Lipinski definition) is 0. The summed E-state index contributed by atoms with van der Waals surface area (Å²) in [6.45, 7) is 4.25. The molecule has 5 rings (SSSR count). The maximum Gasteiger partial charge on any atom is 0.416 e. The third kappa shape index (κ3) is 5.14. The number of hydrogen-bond acceptors (Lipinski definition) is 3. The minimum atomic E-state index is -4.31. The van der Waals surface area contributed by atoms with Crippen LogP contribution in [0.5, 0.6) is 0 Å². The number of rotatable bonds is 6. The van der Waals surface area contributed by atoms with Crippen LogP contribution in [0.15, 0.2) is 60.8 Å². The van der Waals surface area contributed by atoms with Crippen molar-refractivity contribution in [2.45, 2.75) is 69.9 Å². The van der Waals surface area contributed by atoms with Crippen molar-refractivity contribution >= 4 is 5.95 Å². The number of anilines is 1. The lowest BCUT2D eigenvalue weighted by molar-refractivity contribution is -0.137. The molecule has 1 aliphatic heterocycles. The molecule has 36 heavy (non-hydrogen) atoms. The first-order chi connectivity index (χ1) is 17.3. The zero-order valence-electron chi connectivity index (χ0n) is 20.9. The van der Waals surface area contributed by atoms with Gasteiger partial charge in [0.1, 0.15) is 0 Å². The van der Waals surface area contributed by atoms with Gasteiger partial charge in [-0.25, -0.2) is 9.97 Å². The maximum absolute atomic E-state index is 13.0. The molecule has 6 heteroatoms. The Bertz CT molecular complexity index is 1140. The minimum Gasteiger partial charge on any atom is -0.341 e. The summed E-state index contributed by atoms with van der Waals surface area (Å²) in [5, 5.41) is 0. The van der Waals surface area contributed by atoms with Gasteiger partial charge in [-0.05, 0) is 73.3 Å². The van der Waals surface area contributed by atoms with E-state index in [4.69, 9.17) is 9.97 Å². The lowest BCUT2D eigenvalue weighted by Crippen LogP contribution is -2.35. The van der Waals surface area contributed by atoms with Crippen LogP contribution in [0.4, 0.5) is 19.1 Å². The molecule has 3 nitrogen and oxygen atoms in total. The van der Waals surface area contributed by atoms with Crippen LogP contribution >= 0.6 is 0 Å². The van der Waals surface area contributed by atoms with E-state index in [9.17, 15) is 13.2 Å². The predicted octanol–water partition coefficient (Wildman–Crippen LogP) is 7.38. The van der Waals surface area contributed by atoms with Gasteiger partial charge in [0, 0.05) is 24.7 Å². The molecule has 1 saturated heterocycles. The van der Waals surface area contributed by atoms with Crippen LogP contribution in [-0.4, -0.2) is 23.1 Å². The summed E-state index contributed by atoms with van der Waals surface area (Å²) in [6, 6.07) is 16.2. The van der Waals surface area contributed by atoms with Gasteiger partial charge in [-0.3, -0.25) is 0 Å². The van der Waals surface area contributed by atoms with Crippen LogP contribution < -0.4 is 4.90 Å². The molecular formula is C30H34F3N3. The number of halogens is 3. The summed E-state index contributed by atoms with van der Waals surface area (Å²) in [5.41, 5.74) is 3.66. The summed E-state index contributed by atoms with van der Waals surface area (Å²) in [7, 11) is 0. The van der Waals surface area contributed by atoms with Crippen molar-refractivity contribution in [3.8, 4) is 0 Å². The second-order valence-electron chi connectivity index (χ2n) is 10.6. The van der Waals surface area contributed by atoms with Crippen LogP contribution in [0.1, 0.15) is 73.4 Å². The van der Waals surface area contributed by atoms with Crippen LogP contribution in [0.2, 0.25) is 0 Å². The summed E-state index contributed by atoms with van der Waals surface area (Å²) >= 11 is 0. The van der Waals surface area contributed by atoms with E-state index in [-0.39, 0.29) is 5.41 Å². The van der Waals surface area contributed by atoms with Gasteiger partial charge < -0.3 is 4.90 Å². The van der Waals surface area contributed by atoms with E-state index >= 15 is 0 Å². The molecule has 1 saturated carbocycles. The van der Waals surface area contributed by atoms with Crippen LogP contribution in [0.25, 0.3) is 0 Å². The zero-order chi connectivity index (χ0) is 25.2. The highest BCUT2D eigenvalue weighted by Crippen LogP contribution is 2.47. The molecule has 2 fully saturated rings. The normalized spacial score (nSPS) is 18.5.